The number of fused-ring (bicyclic) bond motifs is 3. The first-order valence-electron chi connectivity index (χ1n) is 11.3. The molecule has 0 unspecified atom stereocenters. The van der Waals surface area contributed by atoms with Crippen LogP contribution in [0.25, 0.3) is 33.1 Å². The fourth-order valence-electron chi connectivity index (χ4n) is 4.66. The number of aryl methyl sites for hydroxylation is 1. The van der Waals surface area contributed by atoms with Crippen molar-refractivity contribution >= 4 is 31.8 Å². The molecule has 0 aliphatic carbocycles. The molecule has 2 aromatic carbocycles. The Bertz CT molecular complexity index is 1430. The van der Waals surface area contributed by atoms with Gasteiger partial charge < -0.3 is 14.6 Å². The summed E-state index contributed by atoms with van der Waals surface area (Å²) in [7, 11) is -1.14. The topological polar surface area (TPSA) is 75.3 Å². The van der Waals surface area contributed by atoms with Crippen molar-refractivity contribution in [1.82, 2.24) is 14.9 Å². The number of hydrogen-bond acceptors (Lipinski definition) is 5. The standard InChI is InChI=1S/C26H29N3O3S/c1-17-13-22-24-21(19-5-4-6-20(14-19)33(3,30)31)7-8-23(25(24)28-26(22)27-15-17)32-16-18-9-11-29(2)12-10-18/h4-8,13-15,18H,9-12,16H2,1-3H3,(H,27,28). The van der Waals surface area contributed by atoms with Gasteiger partial charge in [-0.15, -0.1) is 0 Å². The van der Waals surface area contributed by atoms with Crippen LogP contribution in [0.15, 0.2) is 53.6 Å². The van der Waals surface area contributed by atoms with E-state index in [1.54, 1.807) is 18.2 Å². The molecule has 6 nitrogen and oxygen atoms in total. The van der Waals surface area contributed by atoms with Crippen LogP contribution in [0.5, 0.6) is 5.75 Å². The SMILES string of the molecule is Cc1cnc2[nH]c3c(OCC4CCN(C)CC4)ccc(-c4cccc(S(C)(=O)=O)c4)c3c2c1. The lowest BCUT2D eigenvalue weighted by Gasteiger charge is -2.28. The first-order chi connectivity index (χ1) is 15.8. The number of nitrogens with one attached hydrogen (secondary N) is 1. The van der Waals surface area contributed by atoms with Crippen molar-refractivity contribution in [3.8, 4) is 16.9 Å². The van der Waals surface area contributed by atoms with E-state index in [4.69, 9.17) is 4.74 Å². The summed E-state index contributed by atoms with van der Waals surface area (Å²) in [5.74, 6) is 1.36. The van der Waals surface area contributed by atoms with Crippen LogP contribution in [0, 0.1) is 12.8 Å². The Morgan fingerprint density at radius 2 is 1.94 bits per heavy atom. The van der Waals surface area contributed by atoms with Gasteiger partial charge >= 0.3 is 0 Å². The van der Waals surface area contributed by atoms with Gasteiger partial charge in [0.2, 0.25) is 0 Å². The number of rotatable bonds is 5. The molecule has 172 valence electrons. The van der Waals surface area contributed by atoms with Crippen molar-refractivity contribution in [1.29, 1.82) is 0 Å². The molecule has 1 saturated heterocycles. The molecular weight excluding hydrogens is 434 g/mol. The quantitative estimate of drug-likeness (QED) is 0.459. The number of nitrogens with zero attached hydrogens (tertiary/aromatic N) is 2. The minimum Gasteiger partial charge on any atom is -0.491 e. The number of hydrogen-bond donors (Lipinski definition) is 1. The van der Waals surface area contributed by atoms with Gasteiger partial charge in [-0.25, -0.2) is 13.4 Å². The minimum absolute atomic E-state index is 0.310. The van der Waals surface area contributed by atoms with Crippen molar-refractivity contribution in [3.05, 3.63) is 54.2 Å². The maximum Gasteiger partial charge on any atom is 0.175 e. The van der Waals surface area contributed by atoms with Gasteiger partial charge in [0, 0.05) is 23.2 Å². The molecule has 1 fully saturated rings. The van der Waals surface area contributed by atoms with E-state index in [1.165, 1.54) is 6.26 Å². The van der Waals surface area contributed by atoms with E-state index in [2.05, 4.69) is 28.0 Å². The number of aromatic amines is 1. The highest BCUT2D eigenvalue weighted by molar-refractivity contribution is 7.90. The molecule has 0 spiro atoms. The molecule has 4 aromatic rings. The molecule has 0 bridgehead atoms. The Morgan fingerprint density at radius 1 is 1.15 bits per heavy atom. The monoisotopic (exact) mass is 463 g/mol. The molecule has 7 heteroatoms. The highest BCUT2D eigenvalue weighted by Crippen LogP contribution is 2.39. The molecule has 33 heavy (non-hydrogen) atoms. The number of H-pyrrole nitrogens is 1. The fourth-order valence-corrected chi connectivity index (χ4v) is 5.32. The molecule has 3 heterocycles. The van der Waals surface area contributed by atoms with Gasteiger partial charge in [-0.05, 0) is 92.8 Å². The highest BCUT2D eigenvalue weighted by atomic mass is 32.2. The molecule has 0 radical (unpaired) electrons. The third-order valence-electron chi connectivity index (χ3n) is 6.59. The molecular formula is C26H29N3O3S. The summed E-state index contributed by atoms with van der Waals surface area (Å²) < 4.78 is 30.7. The molecule has 1 aliphatic rings. The second kappa shape index (κ2) is 8.47. The third-order valence-corrected chi connectivity index (χ3v) is 7.70. The van der Waals surface area contributed by atoms with Gasteiger partial charge in [-0.1, -0.05) is 12.1 Å². The third kappa shape index (κ3) is 4.35. The highest BCUT2D eigenvalue weighted by Gasteiger charge is 2.20. The lowest BCUT2D eigenvalue weighted by molar-refractivity contribution is 0.161. The first kappa shape index (κ1) is 21.9. The summed E-state index contributed by atoms with van der Waals surface area (Å²) in [6, 6.07) is 13.3. The molecule has 1 N–H and O–H groups in total. The van der Waals surface area contributed by atoms with Crippen molar-refractivity contribution < 1.29 is 13.2 Å². The van der Waals surface area contributed by atoms with Crippen LogP contribution in [-0.4, -0.2) is 56.3 Å². The number of piperidine rings is 1. The average Bonchev–Trinajstić information content (AvgIpc) is 3.17. The number of ether oxygens (including phenoxy) is 1. The lowest BCUT2D eigenvalue weighted by Crippen LogP contribution is -2.32. The Labute approximate surface area is 194 Å². The number of sulfone groups is 1. The minimum atomic E-state index is -3.30. The van der Waals surface area contributed by atoms with Crippen molar-refractivity contribution in [2.24, 2.45) is 5.92 Å². The summed E-state index contributed by atoms with van der Waals surface area (Å²) in [5, 5.41) is 2.02. The van der Waals surface area contributed by atoms with E-state index in [-0.39, 0.29) is 0 Å². The zero-order valence-electron chi connectivity index (χ0n) is 19.3. The normalized spacial score (nSPS) is 16.0. The Kier molecular flexibility index (Phi) is 5.62. The Hall–Kier alpha value is -2.90. The smallest absolute Gasteiger partial charge is 0.175 e. The summed E-state index contributed by atoms with van der Waals surface area (Å²) in [6.45, 7) is 4.92. The molecule has 2 aromatic heterocycles. The maximum atomic E-state index is 12.2. The largest absolute Gasteiger partial charge is 0.491 e. The van der Waals surface area contributed by atoms with Gasteiger partial charge in [-0.2, -0.15) is 0 Å². The van der Waals surface area contributed by atoms with Crippen molar-refractivity contribution in [2.45, 2.75) is 24.7 Å². The summed E-state index contributed by atoms with van der Waals surface area (Å²) >= 11 is 0. The van der Waals surface area contributed by atoms with Gasteiger partial charge in [0.15, 0.2) is 9.84 Å². The zero-order valence-corrected chi connectivity index (χ0v) is 20.1. The van der Waals surface area contributed by atoms with Crippen LogP contribution in [0.1, 0.15) is 18.4 Å². The van der Waals surface area contributed by atoms with Crippen LogP contribution < -0.4 is 4.74 Å². The van der Waals surface area contributed by atoms with Gasteiger partial charge in [0.05, 0.1) is 17.0 Å². The number of aromatic nitrogens is 2. The molecule has 1 aliphatic heterocycles. The zero-order chi connectivity index (χ0) is 23.2. The lowest BCUT2D eigenvalue weighted by atomic mass is 9.98. The van der Waals surface area contributed by atoms with E-state index in [9.17, 15) is 8.42 Å². The predicted octanol–water partition coefficient (Wildman–Crippen LogP) is 4.82. The average molecular weight is 464 g/mol. The number of benzene rings is 2. The second-order valence-electron chi connectivity index (χ2n) is 9.25. The summed E-state index contributed by atoms with van der Waals surface area (Å²) in [5.41, 5.74) is 4.58. The van der Waals surface area contributed by atoms with Gasteiger partial charge in [0.1, 0.15) is 11.4 Å². The first-order valence-corrected chi connectivity index (χ1v) is 13.2. The van der Waals surface area contributed by atoms with Crippen LogP contribution in [0.3, 0.4) is 0 Å². The van der Waals surface area contributed by atoms with Crippen LogP contribution >= 0.6 is 0 Å². The van der Waals surface area contributed by atoms with E-state index in [0.717, 1.165) is 70.3 Å². The van der Waals surface area contributed by atoms with E-state index in [0.29, 0.717) is 17.4 Å². The van der Waals surface area contributed by atoms with Crippen LogP contribution in [0.2, 0.25) is 0 Å². The van der Waals surface area contributed by atoms with E-state index >= 15 is 0 Å². The van der Waals surface area contributed by atoms with Crippen LogP contribution in [0.4, 0.5) is 0 Å². The van der Waals surface area contributed by atoms with Crippen LogP contribution in [-0.2, 0) is 9.84 Å². The molecule has 0 atom stereocenters. The van der Waals surface area contributed by atoms with Gasteiger partial charge in [-0.3, -0.25) is 0 Å². The Balaban J connectivity index is 1.62. The maximum absolute atomic E-state index is 12.2. The Morgan fingerprint density at radius 3 is 2.70 bits per heavy atom. The fraction of sp³-hybridized carbons (Fsp3) is 0.346. The summed E-state index contributed by atoms with van der Waals surface area (Å²) in [6.07, 6.45) is 5.37. The van der Waals surface area contributed by atoms with Gasteiger partial charge in [0.25, 0.3) is 0 Å². The molecule has 5 rings (SSSR count). The van der Waals surface area contributed by atoms with Crippen molar-refractivity contribution in [2.75, 3.05) is 33.0 Å². The predicted molar refractivity (Wildman–Crippen MR) is 133 cm³/mol. The molecule has 0 amide bonds. The van der Waals surface area contributed by atoms with E-state index < -0.39 is 9.84 Å². The summed E-state index contributed by atoms with van der Waals surface area (Å²) in [4.78, 5) is 10.7. The number of likely N-dealkylation sites (tertiary alicyclic amines) is 1. The number of pyridine rings is 1. The van der Waals surface area contributed by atoms with Crippen molar-refractivity contribution in [3.63, 3.8) is 0 Å². The van der Waals surface area contributed by atoms with E-state index in [1.807, 2.05) is 31.3 Å². The molecule has 0 saturated carbocycles. The second-order valence-corrected chi connectivity index (χ2v) is 11.3.